The molecule has 2 amide bonds. The van der Waals surface area contributed by atoms with Crippen LogP contribution in [0.4, 0.5) is 0 Å². The van der Waals surface area contributed by atoms with Crippen LogP contribution in [0.2, 0.25) is 0 Å². The van der Waals surface area contributed by atoms with Crippen LogP contribution in [0, 0.1) is 11.8 Å². The lowest BCUT2D eigenvalue weighted by Gasteiger charge is -2.23. The largest absolute Gasteiger partial charge is 0.360 e. The van der Waals surface area contributed by atoms with Crippen molar-refractivity contribution in [1.29, 1.82) is 0 Å². The third-order valence-corrected chi connectivity index (χ3v) is 5.92. The summed E-state index contributed by atoms with van der Waals surface area (Å²) in [6.45, 7) is 1.23. The third-order valence-electron chi connectivity index (χ3n) is 5.92. The fourth-order valence-electron chi connectivity index (χ4n) is 4.50. The molecule has 4 aliphatic rings. The van der Waals surface area contributed by atoms with Crippen LogP contribution in [-0.2, 0) is 20.7 Å². The van der Waals surface area contributed by atoms with Crippen molar-refractivity contribution in [3.05, 3.63) is 48.0 Å². The Morgan fingerprint density at radius 2 is 2.08 bits per heavy atom. The zero-order chi connectivity index (χ0) is 17.0. The molecule has 0 unspecified atom stereocenters. The van der Waals surface area contributed by atoms with E-state index in [4.69, 9.17) is 4.74 Å². The van der Waals surface area contributed by atoms with Crippen molar-refractivity contribution < 1.29 is 14.3 Å². The number of hydrogen-bond donors (Lipinski definition) is 1. The molecule has 0 radical (unpaired) electrons. The van der Waals surface area contributed by atoms with Gasteiger partial charge >= 0.3 is 0 Å². The van der Waals surface area contributed by atoms with Crippen molar-refractivity contribution in [2.75, 3.05) is 13.1 Å². The summed E-state index contributed by atoms with van der Waals surface area (Å²) in [6, 6.07) is 10.5. The molecule has 1 N–H and O–H groups in total. The van der Waals surface area contributed by atoms with E-state index in [0.717, 1.165) is 19.3 Å². The van der Waals surface area contributed by atoms with Crippen molar-refractivity contribution in [1.82, 2.24) is 10.2 Å². The number of carbonyl (C=O) groups excluding carboxylic acids is 2. The van der Waals surface area contributed by atoms with E-state index in [0.29, 0.717) is 19.1 Å². The normalized spacial score (nSPS) is 35.3. The first-order valence-electron chi connectivity index (χ1n) is 9.17. The van der Waals surface area contributed by atoms with Crippen molar-refractivity contribution in [2.24, 2.45) is 11.8 Å². The average Bonchev–Trinajstić information content (AvgIpc) is 3.16. The Morgan fingerprint density at radius 3 is 2.84 bits per heavy atom. The summed E-state index contributed by atoms with van der Waals surface area (Å²) in [6.07, 6.45) is 6.66. The monoisotopic (exact) mass is 338 g/mol. The van der Waals surface area contributed by atoms with Crippen molar-refractivity contribution in [3.63, 3.8) is 0 Å². The van der Waals surface area contributed by atoms with Crippen LogP contribution < -0.4 is 5.32 Å². The van der Waals surface area contributed by atoms with Gasteiger partial charge in [0.05, 0.1) is 24.5 Å². The minimum Gasteiger partial charge on any atom is -0.360 e. The van der Waals surface area contributed by atoms with E-state index in [2.05, 4.69) is 17.4 Å². The van der Waals surface area contributed by atoms with Gasteiger partial charge in [-0.1, -0.05) is 42.5 Å². The molecule has 5 nitrogen and oxygen atoms in total. The molecule has 5 rings (SSSR count). The van der Waals surface area contributed by atoms with Gasteiger partial charge in [-0.3, -0.25) is 9.59 Å². The molecule has 2 bridgehead atoms. The second kappa shape index (κ2) is 5.43. The number of benzene rings is 1. The molecule has 2 saturated heterocycles. The number of nitrogens with one attached hydrogen (secondary N) is 1. The van der Waals surface area contributed by atoms with Gasteiger partial charge in [-0.15, -0.1) is 0 Å². The highest BCUT2D eigenvalue weighted by molar-refractivity contribution is 5.93. The zero-order valence-electron chi connectivity index (χ0n) is 14.1. The number of hydrogen-bond acceptors (Lipinski definition) is 3. The lowest BCUT2D eigenvalue weighted by atomic mass is 9.77. The number of carbonyl (C=O) groups is 2. The van der Waals surface area contributed by atoms with Gasteiger partial charge in [0.15, 0.2) is 0 Å². The first kappa shape index (κ1) is 15.1. The van der Waals surface area contributed by atoms with Crippen LogP contribution in [0.5, 0.6) is 0 Å². The lowest BCUT2D eigenvalue weighted by Crippen LogP contribution is -2.44. The smallest absolute Gasteiger partial charge is 0.230 e. The number of fused-ring (bicyclic) bond motifs is 1. The Labute approximate surface area is 147 Å². The fourth-order valence-corrected chi connectivity index (χ4v) is 4.50. The minimum absolute atomic E-state index is 0.0121. The molecular weight excluding hydrogens is 316 g/mol. The number of nitrogens with zero attached hydrogens (tertiary/aromatic N) is 1. The second-order valence-electron chi connectivity index (χ2n) is 7.68. The van der Waals surface area contributed by atoms with Crippen LogP contribution in [0.1, 0.15) is 18.4 Å². The molecule has 25 heavy (non-hydrogen) atoms. The van der Waals surface area contributed by atoms with E-state index in [1.165, 1.54) is 5.56 Å². The number of likely N-dealkylation sites (tertiary alicyclic amines) is 1. The summed E-state index contributed by atoms with van der Waals surface area (Å²) in [5, 5.41) is 3.06. The first-order valence-corrected chi connectivity index (χ1v) is 9.17. The van der Waals surface area contributed by atoms with Crippen molar-refractivity contribution in [3.8, 4) is 0 Å². The summed E-state index contributed by atoms with van der Waals surface area (Å²) >= 11 is 0. The van der Waals surface area contributed by atoms with Crippen LogP contribution in [0.15, 0.2) is 42.5 Å². The van der Waals surface area contributed by atoms with E-state index in [1.807, 2.05) is 35.3 Å². The van der Waals surface area contributed by atoms with Gasteiger partial charge in [-0.2, -0.15) is 0 Å². The third kappa shape index (κ3) is 2.41. The maximum atomic E-state index is 13.0. The number of ether oxygens (including phenoxy) is 1. The number of amides is 2. The molecular formula is C20H22N2O3. The highest BCUT2D eigenvalue weighted by Gasteiger charge is 2.66. The van der Waals surface area contributed by atoms with Gasteiger partial charge in [0.2, 0.25) is 11.8 Å². The SMILES string of the molecule is O=C(NC1CC1)[C@@H]1[C@H]2C(=O)N(CCc3ccccc3)C[C@@]23C=C[C@H]1O3. The molecule has 3 aliphatic heterocycles. The Bertz CT molecular complexity index is 743. The first-order chi connectivity index (χ1) is 12.2. The standard InChI is InChI=1S/C20H22N2O3/c23-18(21-14-6-7-14)16-15-8-10-20(25-15)12-22(19(24)17(16)20)11-9-13-4-2-1-3-5-13/h1-5,8,10,14-17H,6-7,9,11-12H2,(H,21,23)/t15-,16+,17+,20+/m1/s1. The molecule has 4 atom stereocenters. The predicted octanol–water partition coefficient (Wildman–Crippen LogP) is 1.29. The van der Waals surface area contributed by atoms with E-state index in [1.54, 1.807) is 0 Å². The number of rotatable bonds is 5. The van der Waals surface area contributed by atoms with Gasteiger partial charge in [0.25, 0.3) is 0 Å². The molecule has 130 valence electrons. The maximum Gasteiger partial charge on any atom is 0.230 e. The Kier molecular flexibility index (Phi) is 3.29. The van der Waals surface area contributed by atoms with Gasteiger partial charge < -0.3 is 15.0 Å². The Balaban J connectivity index is 1.33. The molecule has 3 heterocycles. The van der Waals surface area contributed by atoms with Crippen molar-refractivity contribution >= 4 is 11.8 Å². The molecule has 1 aliphatic carbocycles. The quantitative estimate of drug-likeness (QED) is 0.823. The van der Waals surface area contributed by atoms with E-state index >= 15 is 0 Å². The van der Waals surface area contributed by atoms with Crippen LogP contribution in [-0.4, -0.2) is 47.6 Å². The molecule has 1 aromatic carbocycles. The Hall–Kier alpha value is -2.14. The summed E-state index contributed by atoms with van der Waals surface area (Å²) in [4.78, 5) is 27.6. The van der Waals surface area contributed by atoms with Crippen LogP contribution in [0.25, 0.3) is 0 Å². The highest BCUT2D eigenvalue weighted by atomic mass is 16.5. The fraction of sp³-hybridized carbons (Fsp3) is 0.500. The van der Waals surface area contributed by atoms with Gasteiger partial charge in [0.1, 0.15) is 5.60 Å². The molecule has 1 saturated carbocycles. The summed E-state index contributed by atoms with van der Waals surface area (Å²) in [5.74, 6) is -0.683. The van der Waals surface area contributed by atoms with Gasteiger partial charge in [-0.05, 0) is 24.8 Å². The van der Waals surface area contributed by atoms with Gasteiger partial charge in [-0.25, -0.2) is 0 Å². The van der Waals surface area contributed by atoms with E-state index in [-0.39, 0.29) is 29.8 Å². The zero-order valence-corrected chi connectivity index (χ0v) is 14.1. The van der Waals surface area contributed by atoms with Crippen LogP contribution >= 0.6 is 0 Å². The Morgan fingerprint density at radius 1 is 1.28 bits per heavy atom. The van der Waals surface area contributed by atoms with Crippen molar-refractivity contribution in [2.45, 2.75) is 37.0 Å². The lowest BCUT2D eigenvalue weighted by molar-refractivity contribution is -0.137. The second-order valence-corrected chi connectivity index (χ2v) is 7.68. The highest BCUT2D eigenvalue weighted by Crippen LogP contribution is 2.52. The van der Waals surface area contributed by atoms with Crippen LogP contribution in [0.3, 0.4) is 0 Å². The predicted molar refractivity (Wildman–Crippen MR) is 91.6 cm³/mol. The molecule has 5 heteroatoms. The molecule has 1 aromatic rings. The molecule has 1 spiro atoms. The topological polar surface area (TPSA) is 58.6 Å². The summed E-state index contributed by atoms with van der Waals surface area (Å²) < 4.78 is 6.14. The molecule has 0 aromatic heterocycles. The van der Waals surface area contributed by atoms with E-state index in [9.17, 15) is 9.59 Å². The molecule has 3 fully saturated rings. The maximum absolute atomic E-state index is 13.0. The van der Waals surface area contributed by atoms with Gasteiger partial charge in [0, 0.05) is 12.6 Å². The summed E-state index contributed by atoms with van der Waals surface area (Å²) in [5.41, 5.74) is 0.623. The average molecular weight is 338 g/mol. The van der Waals surface area contributed by atoms with E-state index < -0.39 is 5.60 Å². The summed E-state index contributed by atoms with van der Waals surface area (Å²) in [7, 11) is 0. The minimum atomic E-state index is -0.593.